The van der Waals surface area contributed by atoms with Crippen LogP contribution >= 0.6 is 0 Å². The average Bonchev–Trinajstić information content (AvgIpc) is 2.94. The van der Waals surface area contributed by atoms with Gasteiger partial charge in [0.25, 0.3) is 0 Å². The Labute approximate surface area is 182 Å². The van der Waals surface area contributed by atoms with Crippen molar-refractivity contribution in [2.24, 2.45) is 27.5 Å². The average molecular weight is 433 g/mol. The smallest absolute Gasteiger partial charge is 0.303 e. The summed E-state index contributed by atoms with van der Waals surface area (Å²) in [6.45, 7) is 9.37. The van der Waals surface area contributed by atoms with Crippen LogP contribution in [0.2, 0.25) is 0 Å². The highest BCUT2D eigenvalue weighted by atomic mass is 19.1. The number of aliphatic carboxylic acids is 1. The largest absolute Gasteiger partial charge is 0.481 e. The van der Waals surface area contributed by atoms with E-state index < -0.39 is 22.7 Å². The quantitative estimate of drug-likeness (QED) is 0.659. The van der Waals surface area contributed by atoms with Crippen molar-refractivity contribution >= 4 is 23.5 Å². The fourth-order valence-electron chi connectivity index (χ4n) is 4.99. The summed E-state index contributed by atoms with van der Waals surface area (Å²) in [7, 11) is 1.56. The van der Waals surface area contributed by atoms with Gasteiger partial charge in [0.15, 0.2) is 5.96 Å². The summed E-state index contributed by atoms with van der Waals surface area (Å²) in [6, 6.07) is 4.79. The standard InChI is InChI=1S/C23H33FN4O3/c1-21(2)13(11-18(29)30)7-10-17(21)26-14-8-9-16(24)15(12-14)23(5)22(3,4)19(31)28(6)20(25)27-23/h8-9,12-13,17,26H,7,10-11H2,1-6H3,(H2,25,27)(H,29,30)/t13?,17?,23-/m1/s1. The summed E-state index contributed by atoms with van der Waals surface area (Å²) in [6.07, 6.45) is 1.78. The predicted octanol–water partition coefficient (Wildman–Crippen LogP) is 3.55. The molecule has 0 aromatic heterocycles. The van der Waals surface area contributed by atoms with Crippen molar-refractivity contribution in [2.45, 2.75) is 65.5 Å². The zero-order valence-corrected chi connectivity index (χ0v) is 19.1. The highest BCUT2D eigenvalue weighted by Gasteiger charge is 2.54. The van der Waals surface area contributed by atoms with Gasteiger partial charge in [-0.3, -0.25) is 14.5 Å². The molecule has 1 aromatic rings. The normalized spacial score (nSPS) is 29.6. The van der Waals surface area contributed by atoms with Crippen LogP contribution in [0.15, 0.2) is 23.2 Å². The van der Waals surface area contributed by atoms with Crippen LogP contribution < -0.4 is 11.1 Å². The van der Waals surface area contributed by atoms with Crippen LogP contribution in [0.3, 0.4) is 0 Å². The third kappa shape index (κ3) is 3.66. The Bertz CT molecular complexity index is 943. The number of rotatable bonds is 5. The summed E-state index contributed by atoms with van der Waals surface area (Å²) in [5.41, 5.74) is 4.56. The van der Waals surface area contributed by atoms with Gasteiger partial charge < -0.3 is 16.2 Å². The number of halogens is 1. The van der Waals surface area contributed by atoms with Crippen molar-refractivity contribution in [3.63, 3.8) is 0 Å². The van der Waals surface area contributed by atoms with E-state index in [1.807, 2.05) is 0 Å². The SMILES string of the molecule is CN1C(=O)C(C)(C)[C@@](C)(c2cc(NC3CCC(CC(=O)O)C3(C)C)ccc2F)N=C1N. The number of nitrogens with zero attached hydrogens (tertiary/aromatic N) is 2. The molecule has 8 heteroatoms. The second kappa shape index (κ2) is 7.50. The number of guanidine groups is 1. The van der Waals surface area contributed by atoms with E-state index in [-0.39, 0.29) is 35.7 Å². The molecule has 1 amide bonds. The van der Waals surface area contributed by atoms with E-state index in [9.17, 15) is 14.7 Å². The van der Waals surface area contributed by atoms with E-state index >= 15 is 4.39 Å². The highest BCUT2D eigenvalue weighted by molar-refractivity contribution is 6.01. The number of hydrogen-bond donors (Lipinski definition) is 3. The van der Waals surface area contributed by atoms with E-state index in [1.54, 1.807) is 40.0 Å². The molecule has 170 valence electrons. The lowest BCUT2D eigenvalue weighted by Gasteiger charge is -2.46. The second-order valence-electron chi connectivity index (χ2n) is 10.1. The van der Waals surface area contributed by atoms with Gasteiger partial charge in [-0.2, -0.15) is 0 Å². The maximum atomic E-state index is 15.0. The molecule has 1 heterocycles. The minimum atomic E-state index is -1.18. The van der Waals surface area contributed by atoms with Gasteiger partial charge in [-0.25, -0.2) is 9.38 Å². The molecule has 0 spiro atoms. The summed E-state index contributed by atoms with van der Waals surface area (Å²) in [4.78, 5) is 30.0. The Morgan fingerprint density at radius 1 is 1.29 bits per heavy atom. The third-order valence-electron chi connectivity index (χ3n) is 7.74. The van der Waals surface area contributed by atoms with Crippen LogP contribution in [-0.4, -0.2) is 40.9 Å². The molecule has 0 saturated heterocycles. The summed E-state index contributed by atoms with van der Waals surface area (Å²) in [5.74, 6) is -1.36. The first-order chi connectivity index (χ1) is 14.2. The summed E-state index contributed by atoms with van der Waals surface area (Å²) in [5, 5.41) is 12.7. The molecule has 2 unspecified atom stereocenters. The van der Waals surface area contributed by atoms with Crippen molar-refractivity contribution in [3.05, 3.63) is 29.6 Å². The molecule has 3 atom stereocenters. The van der Waals surface area contributed by atoms with Gasteiger partial charge in [-0.05, 0) is 63.1 Å². The van der Waals surface area contributed by atoms with Crippen molar-refractivity contribution < 1.29 is 19.1 Å². The number of nitrogens with one attached hydrogen (secondary N) is 1. The number of aliphatic imine (C=N–C) groups is 1. The van der Waals surface area contributed by atoms with Crippen LogP contribution in [0.4, 0.5) is 10.1 Å². The molecule has 1 aliphatic heterocycles. The third-order valence-corrected chi connectivity index (χ3v) is 7.74. The highest BCUT2D eigenvalue weighted by Crippen LogP contribution is 2.49. The van der Waals surface area contributed by atoms with Gasteiger partial charge in [0.2, 0.25) is 5.91 Å². The van der Waals surface area contributed by atoms with Crippen LogP contribution in [-0.2, 0) is 15.1 Å². The summed E-state index contributed by atoms with van der Waals surface area (Å²) < 4.78 is 15.0. The molecule has 1 fully saturated rings. The molecular weight excluding hydrogens is 399 g/mol. The van der Waals surface area contributed by atoms with E-state index in [4.69, 9.17) is 5.73 Å². The first kappa shape index (κ1) is 23.0. The van der Waals surface area contributed by atoms with Crippen molar-refractivity contribution in [3.8, 4) is 0 Å². The van der Waals surface area contributed by atoms with Crippen LogP contribution in [0.25, 0.3) is 0 Å². The number of benzene rings is 1. The molecule has 1 aliphatic carbocycles. The lowest BCUT2D eigenvalue weighted by Crippen LogP contribution is -2.58. The topological polar surface area (TPSA) is 108 Å². The molecule has 1 saturated carbocycles. The number of anilines is 1. The number of nitrogens with two attached hydrogens (primary N) is 1. The minimum absolute atomic E-state index is 0.0451. The number of amides is 1. The molecule has 3 rings (SSSR count). The number of hydrogen-bond acceptors (Lipinski definition) is 5. The summed E-state index contributed by atoms with van der Waals surface area (Å²) >= 11 is 0. The molecule has 7 nitrogen and oxygen atoms in total. The maximum absolute atomic E-state index is 15.0. The van der Waals surface area contributed by atoms with Gasteiger partial charge in [-0.15, -0.1) is 0 Å². The van der Waals surface area contributed by atoms with Crippen molar-refractivity contribution in [2.75, 3.05) is 12.4 Å². The Morgan fingerprint density at radius 3 is 2.55 bits per heavy atom. The molecular formula is C23H33FN4O3. The second-order valence-corrected chi connectivity index (χ2v) is 10.1. The Hall–Kier alpha value is -2.64. The molecule has 31 heavy (non-hydrogen) atoms. The van der Waals surface area contributed by atoms with Gasteiger partial charge in [0, 0.05) is 30.8 Å². The van der Waals surface area contributed by atoms with Crippen molar-refractivity contribution in [1.82, 2.24) is 4.90 Å². The Morgan fingerprint density at radius 2 is 1.94 bits per heavy atom. The van der Waals surface area contributed by atoms with E-state index in [1.165, 1.54) is 11.0 Å². The first-order valence-electron chi connectivity index (χ1n) is 10.6. The zero-order chi connectivity index (χ0) is 23.4. The van der Waals surface area contributed by atoms with E-state index in [2.05, 4.69) is 24.2 Å². The number of carboxylic acid groups (broad SMARTS) is 1. The Balaban J connectivity index is 1.96. The maximum Gasteiger partial charge on any atom is 0.303 e. The van der Waals surface area contributed by atoms with Crippen LogP contribution in [0.5, 0.6) is 0 Å². The number of carbonyl (C=O) groups is 2. The van der Waals surface area contributed by atoms with Gasteiger partial charge in [0.05, 0.1) is 5.41 Å². The predicted molar refractivity (Wildman–Crippen MR) is 118 cm³/mol. The fourth-order valence-corrected chi connectivity index (χ4v) is 4.99. The molecule has 4 N–H and O–H groups in total. The van der Waals surface area contributed by atoms with Gasteiger partial charge in [-0.1, -0.05) is 13.8 Å². The number of carboxylic acids is 1. The number of carbonyl (C=O) groups excluding carboxylic acids is 1. The lowest BCUT2D eigenvalue weighted by atomic mass is 9.67. The van der Waals surface area contributed by atoms with Crippen molar-refractivity contribution in [1.29, 1.82) is 0 Å². The van der Waals surface area contributed by atoms with Gasteiger partial charge >= 0.3 is 5.97 Å². The first-order valence-corrected chi connectivity index (χ1v) is 10.6. The molecule has 2 aliphatic rings. The minimum Gasteiger partial charge on any atom is -0.481 e. The monoisotopic (exact) mass is 432 g/mol. The molecule has 0 radical (unpaired) electrons. The molecule has 1 aromatic carbocycles. The van der Waals surface area contributed by atoms with Crippen LogP contribution in [0, 0.1) is 22.6 Å². The Kier molecular flexibility index (Phi) is 5.57. The fraction of sp³-hybridized carbons (Fsp3) is 0.609. The van der Waals surface area contributed by atoms with Crippen LogP contribution in [0.1, 0.15) is 59.4 Å². The van der Waals surface area contributed by atoms with E-state index in [0.717, 1.165) is 12.8 Å². The van der Waals surface area contributed by atoms with E-state index in [0.29, 0.717) is 11.3 Å². The zero-order valence-electron chi connectivity index (χ0n) is 19.1. The molecule has 0 bridgehead atoms. The van der Waals surface area contributed by atoms with Gasteiger partial charge in [0.1, 0.15) is 11.4 Å². The lowest BCUT2D eigenvalue weighted by molar-refractivity contribution is -0.141.